The Morgan fingerprint density at radius 2 is 1.11 bits per heavy atom. The monoisotopic (exact) mass is 264 g/mol. The summed E-state index contributed by atoms with van der Waals surface area (Å²) in [4.78, 5) is 29.8. The molecular formula is C10H20N2O6. The number of nitrogens with two attached hydrogens (primary N) is 2. The molecule has 0 spiro atoms. The standard InChI is InChI=1S/C10H20N2O6/c11-17-7-9(13)15-5-3-1-2-4-6-16-10(14)8-18-12/h1-8,11-12H2. The summed E-state index contributed by atoms with van der Waals surface area (Å²) in [7, 11) is 0. The van der Waals surface area contributed by atoms with Gasteiger partial charge in [-0.25, -0.2) is 21.4 Å². The first-order valence-electron chi connectivity index (χ1n) is 5.65. The zero-order valence-electron chi connectivity index (χ0n) is 10.3. The van der Waals surface area contributed by atoms with E-state index >= 15 is 0 Å². The van der Waals surface area contributed by atoms with E-state index in [9.17, 15) is 9.59 Å². The van der Waals surface area contributed by atoms with Gasteiger partial charge in [0.05, 0.1) is 13.2 Å². The maximum absolute atomic E-state index is 10.8. The molecule has 8 heteroatoms. The maximum Gasteiger partial charge on any atom is 0.334 e. The van der Waals surface area contributed by atoms with Gasteiger partial charge in [0, 0.05) is 0 Å². The molecule has 0 aliphatic carbocycles. The number of rotatable bonds is 11. The fraction of sp³-hybridized carbons (Fsp3) is 0.800. The smallest absolute Gasteiger partial charge is 0.334 e. The molecule has 0 aliphatic heterocycles. The Balaban J connectivity index is 3.16. The topological polar surface area (TPSA) is 123 Å². The number of carbonyl (C=O) groups excluding carboxylic acids is 2. The van der Waals surface area contributed by atoms with Crippen molar-refractivity contribution in [3.05, 3.63) is 0 Å². The number of hydrogen-bond acceptors (Lipinski definition) is 8. The molecule has 8 nitrogen and oxygen atoms in total. The molecule has 0 aromatic carbocycles. The van der Waals surface area contributed by atoms with Crippen LogP contribution in [0, 0.1) is 0 Å². The van der Waals surface area contributed by atoms with E-state index in [0.717, 1.165) is 25.7 Å². The van der Waals surface area contributed by atoms with Crippen molar-refractivity contribution < 1.29 is 28.7 Å². The maximum atomic E-state index is 10.8. The van der Waals surface area contributed by atoms with Crippen molar-refractivity contribution in [3.8, 4) is 0 Å². The Morgan fingerprint density at radius 1 is 0.722 bits per heavy atom. The number of unbranched alkanes of at least 4 members (excludes halogenated alkanes) is 3. The Labute approximate surface area is 105 Å². The minimum Gasteiger partial charge on any atom is -0.464 e. The van der Waals surface area contributed by atoms with Crippen molar-refractivity contribution in [1.29, 1.82) is 0 Å². The normalized spacial score (nSPS) is 10.1. The van der Waals surface area contributed by atoms with Gasteiger partial charge in [-0.1, -0.05) is 0 Å². The van der Waals surface area contributed by atoms with E-state index in [1.807, 2.05) is 0 Å². The highest BCUT2D eigenvalue weighted by atomic mass is 16.6. The highest BCUT2D eigenvalue weighted by molar-refractivity contribution is 5.70. The molecule has 0 fully saturated rings. The second-order valence-corrected chi connectivity index (χ2v) is 3.48. The summed E-state index contributed by atoms with van der Waals surface area (Å²) >= 11 is 0. The summed E-state index contributed by atoms with van der Waals surface area (Å²) in [5, 5.41) is 0. The van der Waals surface area contributed by atoms with E-state index < -0.39 is 11.9 Å². The number of ether oxygens (including phenoxy) is 2. The van der Waals surface area contributed by atoms with E-state index in [-0.39, 0.29) is 13.2 Å². The molecule has 0 aliphatic rings. The number of carbonyl (C=O) groups is 2. The molecular weight excluding hydrogens is 244 g/mol. The van der Waals surface area contributed by atoms with Gasteiger partial charge < -0.3 is 9.47 Å². The average Bonchev–Trinajstić information content (AvgIpc) is 2.33. The molecule has 0 bridgehead atoms. The van der Waals surface area contributed by atoms with E-state index in [2.05, 4.69) is 9.68 Å². The zero-order chi connectivity index (χ0) is 13.6. The van der Waals surface area contributed by atoms with Crippen LogP contribution in [-0.4, -0.2) is 38.4 Å². The molecule has 4 N–H and O–H groups in total. The van der Waals surface area contributed by atoms with Crippen LogP contribution >= 0.6 is 0 Å². The lowest BCUT2D eigenvalue weighted by atomic mass is 10.2. The number of hydrogen-bond donors (Lipinski definition) is 2. The summed E-state index contributed by atoms with van der Waals surface area (Å²) in [6, 6.07) is 0. The van der Waals surface area contributed by atoms with Crippen molar-refractivity contribution in [3.63, 3.8) is 0 Å². The molecule has 0 saturated heterocycles. The third-order valence-electron chi connectivity index (χ3n) is 1.97. The molecule has 0 aromatic heterocycles. The second-order valence-electron chi connectivity index (χ2n) is 3.48. The molecule has 106 valence electrons. The molecule has 0 rings (SSSR count). The summed E-state index contributed by atoms with van der Waals surface area (Å²) in [5.41, 5.74) is 0. The van der Waals surface area contributed by atoms with Crippen LogP contribution in [0.1, 0.15) is 25.7 Å². The molecule has 0 radical (unpaired) electrons. The Morgan fingerprint density at radius 3 is 1.44 bits per heavy atom. The van der Waals surface area contributed by atoms with Crippen molar-refractivity contribution >= 4 is 11.9 Å². The number of esters is 2. The van der Waals surface area contributed by atoms with Crippen molar-refractivity contribution in [2.45, 2.75) is 25.7 Å². The molecule has 0 atom stereocenters. The Bertz CT molecular complexity index is 212. The van der Waals surface area contributed by atoms with Gasteiger partial charge >= 0.3 is 11.9 Å². The molecule has 0 saturated carbocycles. The van der Waals surface area contributed by atoms with Gasteiger partial charge in [-0.15, -0.1) is 0 Å². The lowest BCUT2D eigenvalue weighted by molar-refractivity contribution is -0.150. The summed E-state index contributed by atoms with van der Waals surface area (Å²) in [6.45, 7) is 0.199. The predicted molar refractivity (Wildman–Crippen MR) is 60.7 cm³/mol. The van der Waals surface area contributed by atoms with Crippen LogP contribution in [0.4, 0.5) is 0 Å². The second kappa shape index (κ2) is 12.2. The average molecular weight is 264 g/mol. The van der Waals surface area contributed by atoms with Crippen LogP contribution in [-0.2, 0) is 28.7 Å². The zero-order valence-corrected chi connectivity index (χ0v) is 10.3. The minimum absolute atomic E-state index is 0.237. The van der Waals surface area contributed by atoms with Gasteiger partial charge in [0.15, 0.2) is 13.2 Å². The third-order valence-corrected chi connectivity index (χ3v) is 1.97. The van der Waals surface area contributed by atoms with E-state index in [1.54, 1.807) is 0 Å². The van der Waals surface area contributed by atoms with Gasteiger partial charge in [-0.2, -0.15) is 0 Å². The Kier molecular flexibility index (Phi) is 11.4. The predicted octanol–water partition coefficient (Wildman–Crippen LogP) is -0.586. The molecule has 0 unspecified atom stereocenters. The highest BCUT2D eigenvalue weighted by Gasteiger charge is 2.02. The molecule has 0 aromatic rings. The molecule has 18 heavy (non-hydrogen) atoms. The molecule has 0 amide bonds. The fourth-order valence-electron chi connectivity index (χ4n) is 1.15. The molecule has 0 heterocycles. The summed E-state index contributed by atoms with van der Waals surface area (Å²) < 4.78 is 9.60. The first kappa shape index (κ1) is 16.8. The van der Waals surface area contributed by atoms with Gasteiger partial charge in [0.2, 0.25) is 0 Å². The quantitative estimate of drug-likeness (QED) is 0.288. The fourth-order valence-corrected chi connectivity index (χ4v) is 1.15. The highest BCUT2D eigenvalue weighted by Crippen LogP contribution is 2.01. The van der Waals surface area contributed by atoms with Crippen LogP contribution in [0.5, 0.6) is 0 Å². The lowest BCUT2D eigenvalue weighted by Crippen LogP contribution is -2.16. The van der Waals surface area contributed by atoms with Gasteiger partial charge in [-0.05, 0) is 25.7 Å². The first-order chi connectivity index (χ1) is 8.70. The third kappa shape index (κ3) is 11.3. The Hall–Kier alpha value is -1.22. The van der Waals surface area contributed by atoms with E-state index in [4.69, 9.17) is 21.3 Å². The van der Waals surface area contributed by atoms with Crippen molar-refractivity contribution in [2.24, 2.45) is 11.8 Å². The minimum atomic E-state index is -0.479. The van der Waals surface area contributed by atoms with Gasteiger partial charge in [0.1, 0.15) is 0 Å². The largest absolute Gasteiger partial charge is 0.464 e. The summed E-state index contributed by atoms with van der Waals surface area (Å²) in [6.07, 6.45) is 3.25. The van der Waals surface area contributed by atoms with E-state index in [0.29, 0.717) is 13.2 Å². The van der Waals surface area contributed by atoms with Gasteiger partial charge in [0.25, 0.3) is 0 Å². The van der Waals surface area contributed by atoms with Crippen LogP contribution in [0.25, 0.3) is 0 Å². The summed E-state index contributed by atoms with van der Waals surface area (Å²) in [5.74, 6) is 8.45. The van der Waals surface area contributed by atoms with Crippen LogP contribution in [0.2, 0.25) is 0 Å². The van der Waals surface area contributed by atoms with Crippen molar-refractivity contribution in [1.82, 2.24) is 0 Å². The van der Waals surface area contributed by atoms with Crippen LogP contribution in [0.15, 0.2) is 0 Å². The van der Waals surface area contributed by atoms with Crippen LogP contribution in [0.3, 0.4) is 0 Å². The van der Waals surface area contributed by atoms with E-state index in [1.165, 1.54) is 0 Å². The van der Waals surface area contributed by atoms with Gasteiger partial charge in [-0.3, -0.25) is 9.68 Å². The SMILES string of the molecule is NOCC(=O)OCCCCCCOC(=O)CON. The lowest BCUT2D eigenvalue weighted by Gasteiger charge is -2.05. The van der Waals surface area contributed by atoms with Crippen LogP contribution < -0.4 is 11.8 Å². The van der Waals surface area contributed by atoms with Crippen molar-refractivity contribution in [2.75, 3.05) is 26.4 Å². The first-order valence-corrected chi connectivity index (χ1v) is 5.65.